The summed E-state index contributed by atoms with van der Waals surface area (Å²) >= 11 is 2.03. The molecule has 2 fully saturated rings. The molecule has 0 radical (unpaired) electrons. The van der Waals surface area contributed by atoms with Crippen molar-refractivity contribution >= 4 is 17.7 Å². The third-order valence-corrected chi connectivity index (χ3v) is 8.03. The number of carbonyl (C=O) groups is 1. The zero-order chi connectivity index (χ0) is 23.8. The van der Waals surface area contributed by atoms with Crippen molar-refractivity contribution in [3.63, 3.8) is 0 Å². The van der Waals surface area contributed by atoms with Gasteiger partial charge in [-0.05, 0) is 50.4 Å². The lowest BCUT2D eigenvalue weighted by molar-refractivity contribution is -0.126. The number of thioether (sulfide) groups is 1. The monoisotopic (exact) mass is 488 g/mol. The van der Waals surface area contributed by atoms with Crippen LogP contribution in [-0.4, -0.2) is 65.8 Å². The number of nitrogens with one attached hydrogen (secondary N) is 1. The van der Waals surface area contributed by atoms with Crippen LogP contribution in [0, 0.1) is 5.92 Å². The van der Waals surface area contributed by atoms with E-state index in [2.05, 4.69) is 20.4 Å². The van der Waals surface area contributed by atoms with Gasteiger partial charge in [-0.25, -0.2) is 0 Å². The van der Waals surface area contributed by atoms with E-state index in [0.717, 1.165) is 49.0 Å². The van der Waals surface area contributed by atoms with Gasteiger partial charge in [0, 0.05) is 29.7 Å². The quantitative estimate of drug-likeness (QED) is 0.499. The third-order valence-electron chi connectivity index (χ3n) is 6.65. The van der Waals surface area contributed by atoms with E-state index in [0.29, 0.717) is 29.8 Å². The first kappa shape index (κ1) is 24.9. The van der Waals surface area contributed by atoms with Crippen LogP contribution >= 0.6 is 11.8 Å². The number of ether oxygens (including phenoxy) is 2. The lowest BCUT2D eigenvalue weighted by atomic mass is 9.97. The molecule has 1 atom stereocenters. The molecule has 1 saturated heterocycles. The lowest BCUT2D eigenvalue weighted by Crippen LogP contribution is -2.43. The first-order valence-corrected chi connectivity index (χ1v) is 13.4. The van der Waals surface area contributed by atoms with Crippen LogP contribution in [0.3, 0.4) is 0 Å². The number of piperidine rings is 1. The molecule has 1 unspecified atom stereocenters. The number of amides is 1. The first-order valence-electron chi connectivity index (χ1n) is 12.3. The minimum absolute atomic E-state index is 0.0154. The number of hydrogen-bond donors (Lipinski definition) is 1. The van der Waals surface area contributed by atoms with Crippen molar-refractivity contribution < 1.29 is 18.8 Å². The standard InChI is InChI=1S/C25H36N4O4S/c1-31-21-11-10-18(15-22(21)32-2)24-27-23(33-28-24)17-29-13-6-7-19(16-29)25(30)26-12-14-34-20-8-4-3-5-9-20/h10-11,15,19-20H,3-9,12-14,16-17H2,1-2H3,(H,26,30). The molecule has 2 aliphatic rings. The summed E-state index contributed by atoms with van der Waals surface area (Å²) in [5, 5.41) is 8.08. The van der Waals surface area contributed by atoms with Gasteiger partial charge in [-0.2, -0.15) is 16.7 Å². The highest BCUT2D eigenvalue weighted by molar-refractivity contribution is 7.99. The van der Waals surface area contributed by atoms with Gasteiger partial charge in [0.05, 0.1) is 26.7 Å². The van der Waals surface area contributed by atoms with Crippen LogP contribution in [0.2, 0.25) is 0 Å². The van der Waals surface area contributed by atoms with Crippen molar-refractivity contribution in [3.8, 4) is 22.9 Å². The summed E-state index contributed by atoms with van der Waals surface area (Å²) in [7, 11) is 3.20. The van der Waals surface area contributed by atoms with E-state index in [-0.39, 0.29) is 11.8 Å². The van der Waals surface area contributed by atoms with Crippen molar-refractivity contribution in [2.45, 2.75) is 56.7 Å². The molecule has 34 heavy (non-hydrogen) atoms. The Hall–Kier alpha value is -2.26. The molecule has 4 rings (SSSR count). The van der Waals surface area contributed by atoms with Gasteiger partial charge in [-0.3, -0.25) is 9.69 Å². The Bertz CT molecular complexity index is 931. The minimum Gasteiger partial charge on any atom is -0.493 e. The van der Waals surface area contributed by atoms with Gasteiger partial charge >= 0.3 is 0 Å². The summed E-state index contributed by atoms with van der Waals surface area (Å²) in [5.74, 6) is 3.53. The topological polar surface area (TPSA) is 89.7 Å². The molecule has 1 aliphatic heterocycles. The summed E-state index contributed by atoms with van der Waals surface area (Å²) in [6.07, 6.45) is 8.69. The van der Waals surface area contributed by atoms with E-state index in [9.17, 15) is 4.79 Å². The molecule has 2 aromatic rings. The normalized spacial score (nSPS) is 19.6. The summed E-state index contributed by atoms with van der Waals surface area (Å²) in [4.78, 5) is 19.5. The van der Waals surface area contributed by atoms with Crippen LogP contribution in [0.25, 0.3) is 11.4 Å². The second-order valence-electron chi connectivity index (χ2n) is 9.08. The Morgan fingerprint density at radius 1 is 1.15 bits per heavy atom. The summed E-state index contributed by atoms with van der Waals surface area (Å²) in [6, 6.07) is 5.54. The van der Waals surface area contributed by atoms with Gasteiger partial charge in [0.1, 0.15) is 0 Å². The highest BCUT2D eigenvalue weighted by Crippen LogP contribution is 2.31. The molecule has 1 aliphatic carbocycles. The zero-order valence-corrected chi connectivity index (χ0v) is 21.1. The molecule has 1 N–H and O–H groups in total. The largest absolute Gasteiger partial charge is 0.493 e. The molecule has 8 nitrogen and oxygen atoms in total. The molecular formula is C25H36N4O4S. The third kappa shape index (κ3) is 6.66. The first-order chi connectivity index (χ1) is 16.7. The van der Waals surface area contributed by atoms with Crippen molar-refractivity contribution in [2.75, 3.05) is 39.6 Å². The van der Waals surface area contributed by atoms with E-state index in [1.165, 1.54) is 32.1 Å². The number of aromatic nitrogens is 2. The average molecular weight is 489 g/mol. The molecule has 9 heteroatoms. The fraction of sp³-hybridized carbons (Fsp3) is 0.640. The fourth-order valence-electron chi connectivity index (χ4n) is 4.79. The number of hydrogen-bond acceptors (Lipinski definition) is 8. The van der Waals surface area contributed by atoms with E-state index < -0.39 is 0 Å². The van der Waals surface area contributed by atoms with Gasteiger partial charge in [0.2, 0.25) is 17.6 Å². The average Bonchev–Trinajstić information content (AvgIpc) is 3.35. The molecule has 2 heterocycles. The molecule has 1 aromatic heterocycles. The molecular weight excluding hydrogens is 452 g/mol. The Kier molecular flexibility index (Phi) is 9.10. The summed E-state index contributed by atoms with van der Waals surface area (Å²) < 4.78 is 16.2. The lowest BCUT2D eigenvalue weighted by Gasteiger charge is -2.31. The van der Waals surface area contributed by atoms with E-state index in [1.807, 2.05) is 30.0 Å². The van der Waals surface area contributed by atoms with Crippen molar-refractivity contribution in [2.24, 2.45) is 5.92 Å². The number of carbonyl (C=O) groups excluding carboxylic acids is 1. The van der Waals surface area contributed by atoms with Crippen LogP contribution in [-0.2, 0) is 11.3 Å². The fourth-order valence-corrected chi connectivity index (χ4v) is 6.01. The Balaban J connectivity index is 1.24. The molecule has 1 aromatic carbocycles. The maximum atomic E-state index is 12.7. The summed E-state index contributed by atoms with van der Waals surface area (Å²) in [6.45, 7) is 2.95. The zero-order valence-electron chi connectivity index (χ0n) is 20.3. The van der Waals surface area contributed by atoms with E-state index >= 15 is 0 Å². The Morgan fingerprint density at radius 3 is 2.76 bits per heavy atom. The molecule has 186 valence electrons. The van der Waals surface area contributed by atoms with Gasteiger partial charge < -0.3 is 19.3 Å². The Labute approximate surface area is 206 Å². The predicted molar refractivity (Wildman–Crippen MR) is 133 cm³/mol. The van der Waals surface area contributed by atoms with Gasteiger partial charge in [0.25, 0.3) is 0 Å². The number of benzene rings is 1. The number of rotatable bonds is 10. The van der Waals surface area contributed by atoms with Crippen molar-refractivity contribution in [1.82, 2.24) is 20.4 Å². The SMILES string of the molecule is COc1ccc(-c2noc(CN3CCCC(C(=O)NCCSC4CCCCC4)C3)n2)cc1OC. The highest BCUT2D eigenvalue weighted by Gasteiger charge is 2.27. The minimum atomic E-state index is 0.0154. The van der Waals surface area contributed by atoms with Gasteiger partial charge in [0.15, 0.2) is 11.5 Å². The highest BCUT2D eigenvalue weighted by atomic mass is 32.2. The van der Waals surface area contributed by atoms with Crippen LogP contribution in [0.15, 0.2) is 22.7 Å². The molecule has 0 bridgehead atoms. The number of methoxy groups -OCH3 is 2. The second-order valence-corrected chi connectivity index (χ2v) is 10.5. The van der Waals surface area contributed by atoms with Crippen molar-refractivity contribution in [3.05, 3.63) is 24.1 Å². The van der Waals surface area contributed by atoms with Crippen LogP contribution in [0.1, 0.15) is 50.8 Å². The molecule has 1 saturated carbocycles. The summed E-state index contributed by atoms with van der Waals surface area (Å²) in [5.41, 5.74) is 0.801. The smallest absolute Gasteiger partial charge is 0.241 e. The second kappa shape index (κ2) is 12.4. The van der Waals surface area contributed by atoms with E-state index in [1.54, 1.807) is 14.2 Å². The number of nitrogens with zero attached hydrogens (tertiary/aromatic N) is 3. The molecule has 1 amide bonds. The number of likely N-dealkylation sites (tertiary alicyclic amines) is 1. The Morgan fingerprint density at radius 2 is 1.97 bits per heavy atom. The maximum absolute atomic E-state index is 12.7. The molecule has 0 spiro atoms. The van der Waals surface area contributed by atoms with Gasteiger partial charge in [-0.15, -0.1) is 0 Å². The van der Waals surface area contributed by atoms with Crippen molar-refractivity contribution in [1.29, 1.82) is 0 Å². The van der Waals surface area contributed by atoms with Crippen LogP contribution in [0.5, 0.6) is 11.5 Å². The van der Waals surface area contributed by atoms with E-state index in [4.69, 9.17) is 14.0 Å². The predicted octanol–water partition coefficient (Wildman–Crippen LogP) is 4.15. The maximum Gasteiger partial charge on any atom is 0.241 e. The van der Waals surface area contributed by atoms with Crippen LogP contribution < -0.4 is 14.8 Å². The van der Waals surface area contributed by atoms with Gasteiger partial charge in [-0.1, -0.05) is 24.4 Å². The van der Waals surface area contributed by atoms with Crippen LogP contribution in [0.4, 0.5) is 0 Å².